The van der Waals surface area contributed by atoms with Crippen LogP contribution in [0.1, 0.15) is 16.7 Å². The molecule has 0 radical (unpaired) electrons. The van der Waals surface area contributed by atoms with Crippen LogP contribution in [0.15, 0.2) is 59.5 Å². The van der Waals surface area contributed by atoms with E-state index in [9.17, 15) is 4.79 Å². The Hall–Kier alpha value is -2.04. The number of rotatable bonds is 5. The fourth-order valence-electron chi connectivity index (χ4n) is 2.09. The predicted molar refractivity (Wildman–Crippen MR) is 91.1 cm³/mol. The molecule has 0 aliphatic heterocycles. The van der Waals surface area contributed by atoms with E-state index in [1.54, 1.807) is 17.8 Å². The second kappa shape index (κ2) is 7.82. The molecule has 0 aliphatic rings. The molecule has 22 heavy (non-hydrogen) atoms. The van der Waals surface area contributed by atoms with E-state index in [4.69, 9.17) is 5.21 Å². The monoisotopic (exact) mass is 313 g/mol. The largest absolute Gasteiger partial charge is 0.286 e. The van der Waals surface area contributed by atoms with Crippen LogP contribution in [0.2, 0.25) is 0 Å². The molecule has 0 saturated carbocycles. The van der Waals surface area contributed by atoms with Crippen molar-refractivity contribution in [2.45, 2.75) is 11.3 Å². The Kier molecular flexibility index (Phi) is 5.81. The highest BCUT2D eigenvalue weighted by molar-refractivity contribution is 7.98. The Morgan fingerprint density at radius 3 is 2.50 bits per heavy atom. The maximum atomic E-state index is 11.4. The first-order valence-electron chi connectivity index (χ1n) is 6.95. The second-order valence-electron chi connectivity index (χ2n) is 4.92. The van der Waals surface area contributed by atoms with Gasteiger partial charge < -0.3 is 0 Å². The van der Waals surface area contributed by atoms with Crippen molar-refractivity contribution < 1.29 is 10.0 Å². The molecule has 3 nitrogen and oxygen atoms in total. The first-order valence-corrected chi connectivity index (χ1v) is 8.18. The number of amides is 1. The van der Waals surface area contributed by atoms with Crippen molar-refractivity contribution in [1.82, 2.24) is 5.06 Å². The summed E-state index contributed by atoms with van der Waals surface area (Å²) in [6, 6.07) is 16.4. The molecule has 2 aromatic rings. The van der Waals surface area contributed by atoms with Crippen molar-refractivity contribution in [2.75, 3.05) is 13.3 Å². The van der Waals surface area contributed by atoms with Crippen LogP contribution in [0.5, 0.6) is 0 Å². The molecule has 0 aromatic heterocycles. The summed E-state index contributed by atoms with van der Waals surface area (Å²) in [5.41, 5.74) is 3.35. The van der Waals surface area contributed by atoms with E-state index in [1.807, 2.05) is 18.2 Å². The van der Waals surface area contributed by atoms with Crippen LogP contribution in [0.25, 0.3) is 6.08 Å². The smallest absolute Gasteiger partial charge is 0.269 e. The minimum atomic E-state index is -0.445. The molecule has 1 N–H and O–H groups in total. The van der Waals surface area contributed by atoms with Crippen molar-refractivity contribution in [2.24, 2.45) is 0 Å². The highest BCUT2D eigenvalue weighted by atomic mass is 32.2. The Balaban J connectivity index is 2.18. The van der Waals surface area contributed by atoms with Gasteiger partial charge in [-0.15, -0.1) is 11.8 Å². The van der Waals surface area contributed by atoms with Crippen LogP contribution < -0.4 is 0 Å². The molecule has 0 aliphatic carbocycles. The van der Waals surface area contributed by atoms with Crippen molar-refractivity contribution in [3.8, 4) is 0 Å². The maximum Gasteiger partial charge on any atom is 0.269 e. The number of nitrogens with zero attached hydrogens (tertiary/aromatic N) is 1. The number of hydrogen-bond donors (Lipinski definition) is 1. The zero-order valence-corrected chi connectivity index (χ0v) is 13.5. The second-order valence-corrected chi connectivity index (χ2v) is 5.80. The summed E-state index contributed by atoms with van der Waals surface area (Å²) in [4.78, 5) is 12.7. The van der Waals surface area contributed by atoms with Gasteiger partial charge in [0.2, 0.25) is 0 Å². The first-order chi connectivity index (χ1) is 10.6. The molecule has 4 heteroatoms. The maximum absolute atomic E-state index is 11.4. The SMILES string of the molecule is CSc1ccc(Cc2ccccc2/C=C/C(=O)N(C)O)cc1. The van der Waals surface area contributed by atoms with Gasteiger partial charge in [-0.25, -0.2) is 5.06 Å². The molecular weight excluding hydrogens is 294 g/mol. The minimum absolute atomic E-state index is 0.445. The molecule has 0 fully saturated rings. The molecule has 0 heterocycles. The molecule has 0 bridgehead atoms. The first kappa shape index (κ1) is 16.3. The Morgan fingerprint density at radius 1 is 1.18 bits per heavy atom. The van der Waals surface area contributed by atoms with Gasteiger partial charge in [-0.05, 0) is 47.6 Å². The van der Waals surface area contributed by atoms with Gasteiger partial charge in [0, 0.05) is 18.0 Å². The van der Waals surface area contributed by atoms with Crippen LogP contribution in [-0.4, -0.2) is 29.5 Å². The van der Waals surface area contributed by atoms with Gasteiger partial charge in [-0.2, -0.15) is 0 Å². The summed E-state index contributed by atoms with van der Waals surface area (Å²) in [6.45, 7) is 0. The average molecular weight is 313 g/mol. The van der Waals surface area contributed by atoms with E-state index < -0.39 is 5.91 Å². The highest BCUT2D eigenvalue weighted by Gasteiger charge is 2.03. The summed E-state index contributed by atoms with van der Waals surface area (Å²) >= 11 is 1.72. The third-order valence-electron chi connectivity index (χ3n) is 3.33. The van der Waals surface area contributed by atoms with Gasteiger partial charge in [-0.1, -0.05) is 36.4 Å². The van der Waals surface area contributed by atoms with E-state index in [2.05, 4.69) is 36.6 Å². The summed E-state index contributed by atoms with van der Waals surface area (Å²) < 4.78 is 0. The van der Waals surface area contributed by atoms with Crippen LogP contribution in [0.4, 0.5) is 0 Å². The van der Waals surface area contributed by atoms with E-state index in [0.29, 0.717) is 5.06 Å². The molecule has 2 aromatic carbocycles. The van der Waals surface area contributed by atoms with E-state index >= 15 is 0 Å². The van der Waals surface area contributed by atoms with Gasteiger partial charge in [0.15, 0.2) is 0 Å². The predicted octanol–water partition coefficient (Wildman–Crippen LogP) is 3.86. The number of likely N-dealkylation sites (N-methyl/N-ethyl adjacent to an activating group) is 1. The van der Waals surface area contributed by atoms with Gasteiger partial charge in [0.1, 0.15) is 0 Å². The van der Waals surface area contributed by atoms with E-state index in [-0.39, 0.29) is 0 Å². The third kappa shape index (κ3) is 4.48. The van der Waals surface area contributed by atoms with Gasteiger partial charge in [0.05, 0.1) is 0 Å². The highest BCUT2D eigenvalue weighted by Crippen LogP contribution is 2.19. The minimum Gasteiger partial charge on any atom is -0.286 e. The van der Waals surface area contributed by atoms with E-state index in [0.717, 1.165) is 17.5 Å². The van der Waals surface area contributed by atoms with Gasteiger partial charge in [0.25, 0.3) is 5.91 Å². The normalized spacial score (nSPS) is 10.9. The number of hydrogen-bond acceptors (Lipinski definition) is 3. The molecular formula is C18H19NO2S. The summed E-state index contributed by atoms with van der Waals surface area (Å²) in [6.07, 6.45) is 5.97. The van der Waals surface area contributed by atoms with E-state index in [1.165, 1.54) is 23.6 Å². The van der Waals surface area contributed by atoms with Crippen molar-refractivity contribution in [3.63, 3.8) is 0 Å². The molecule has 1 amide bonds. The Labute approximate surface area is 135 Å². The number of benzene rings is 2. The molecule has 0 spiro atoms. The van der Waals surface area contributed by atoms with Crippen LogP contribution in [-0.2, 0) is 11.2 Å². The van der Waals surface area contributed by atoms with Gasteiger partial charge >= 0.3 is 0 Å². The third-order valence-corrected chi connectivity index (χ3v) is 4.08. The lowest BCUT2D eigenvalue weighted by molar-refractivity contribution is -0.153. The number of thioether (sulfide) groups is 1. The Morgan fingerprint density at radius 2 is 1.86 bits per heavy atom. The fourth-order valence-corrected chi connectivity index (χ4v) is 2.50. The van der Waals surface area contributed by atoms with Crippen LogP contribution in [0.3, 0.4) is 0 Å². The Bertz CT molecular complexity index is 663. The summed E-state index contributed by atoms with van der Waals surface area (Å²) in [5, 5.41) is 9.65. The summed E-state index contributed by atoms with van der Waals surface area (Å²) in [7, 11) is 1.31. The number of hydroxylamine groups is 2. The summed E-state index contributed by atoms with van der Waals surface area (Å²) in [5.74, 6) is -0.445. The van der Waals surface area contributed by atoms with Gasteiger partial charge in [-0.3, -0.25) is 10.0 Å². The standard InChI is InChI=1S/C18H19NO2S/c1-19(21)18(20)12-9-15-5-3-4-6-16(15)13-14-7-10-17(22-2)11-8-14/h3-12,21H,13H2,1-2H3/b12-9+. The zero-order valence-electron chi connectivity index (χ0n) is 12.7. The van der Waals surface area contributed by atoms with Crippen LogP contribution >= 0.6 is 11.8 Å². The zero-order chi connectivity index (χ0) is 15.9. The molecule has 0 saturated heterocycles. The average Bonchev–Trinajstić information content (AvgIpc) is 2.54. The molecule has 0 unspecified atom stereocenters. The lowest BCUT2D eigenvalue weighted by Gasteiger charge is -2.08. The molecule has 0 atom stereocenters. The topological polar surface area (TPSA) is 40.5 Å². The van der Waals surface area contributed by atoms with Crippen molar-refractivity contribution in [3.05, 3.63) is 71.3 Å². The lowest BCUT2D eigenvalue weighted by Crippen LogP contribution is -2.19. The van der Waals surface area contributed by atoms with Crippen molar-refractivity contribution in [1.29, 1.82) is 0 Å². The lowest BCUT2D eigenvalue weighted by atomic mass is 9.99. The van der Waals surface area contributed by atoms with Crippen LogP contribution in [0, 0.1) is 0 Å². The molecule has 2 rings (SSSR count). The molecule has 114 valence electrons. The number of carbonyl (C=O) groups is 1. The fraction of sp³-hybridized carbons (Fsp3) is 0.167. The quantitative estimate of drug-likeness (QED) is 0.394. The number of carbonyl (C=O) groups excluding carboxylic acids is 1. The van der Waals surface area contributed by atoms with Crippen molar-refractivity contribution >= 4 is 23.7 Å².